The van der Waals surface area contributed by atoms with Gasteiger partial charge < -0.3 is 19.5 Å². The number of carboxylic acids is 1. The number of ether oxygens (including phenoxy) is 2. The van der Waals surface area contributed by atoms with Gasteiger partial charge >= 0.3 is 5.97 Å². The van der Waals surface area contributed by atoms with Crippen molar-refractivity contribution in [2.45, 2.75) is 51.1 Å². The third kappa shape index (κ3) is 2.81. The van der Waals surface area contributed by atoms with Crippen molar-refractivity contribution in [2.75, 3.05) is 13.1 Å². The molecule has 2 saturated heterocycles. The zero-order valence-electron chi connectivity index (χ0n) is 10.7. The molecule has 0 aliphatic carbocycles. The predicted molar refractivity (Wildman–Crippen MR) is 62.1 cm³/mol. The molecule has 2 aliphatic heterocycles. The highest BCUT2D eigenvalue weighted by Crippen LogP contribution is 2.23. The number of aliphatic carboxylic acids is 1. The molecule has 0 aromatic heterocycles. The number of carbonyl (C=O) groups excluding carboxylic acids is 1. The van der Waals surface area contributed by atoms with E-state index in [1.807, 2.05) is 13.8 Å². The average Bonchev–Trinajstić information content (AvgIpc) is 2.75. The number of hydrogen-bond donors (Lipinski definition) is 1. The maximum absolute atomic E-state index is 12.2. The molecule has 1 N–H and O–H groups in total. The average molecular weight is 257 g/mol. The maximum atomic E-state index is 12.2. The van der Waals surface area contributed by atoms with Crippen LogP contribution in [0.1, 0.15) is 26.7 Å². The molecule has 6 heteroatoms. The lowest BCUT2D eigenvalue weighted by Gasteiger charge is -2.36. The summed E-state index contributed by atoms with van der Waals surface area (Å²) in [5.41, 5.74) is 0. The second-order valence-electron chi connectivity index (χ2n) is 5.03. The Hall–Kier alpha value is -1.14. The van der Waals surface area contributed by atoms with Gasteiger partial charge in [-0.2, -0.15) is 0 Å². The fraction of sp³-hybridized carbons (Fsp3) is 0.833. The van der Waals surface area contributed by atoms with Crippen LogP contribution in [0, 0.1) is 0 Å². The molecule has 0 bridgehead atoms. The molecule has 0 aromatic carbocycles. The number of nitrogens with zero attached hydrogens (tertiary/aromatic N) is 1. The van der Waals surface area contributed by atoms with Crippen LogP contribution in [-0.4, -0.2) is 59.4 Å². The zero-order chi connectivity index (χ0) is 13.3. The molecule has 2 fully saturated rings. The largest absolute Gasteiger partial charge is 0.479 e. The number of morpholine rings is 1. The molecule has 6 nitrogen and oxygen atoms in total. The minimum atomic E-state index is -0.992. The van der Waals surface area contributed by atoms with E-state index < -0.39 is 18.2 Å². The van der Waals surface area contributed by atoms with Crippen molar-refractivity contribution in [3.63, 3.8) is 0 Å². The van der Waals surface area contributed by atoms with E-state index in [1.165, 1.54) is 0 Å². The smallest absolute Gasteiger partial charge is 0.332 e. The number of carbonyl (C=O) groups is 2. The van der Waals surface area contributed by atoms with Gasteiger partial charge in [-0.15, -0.1) is 0 Å². The molecule has 0 unspecified atom stereocenters. The third-order valence-electron chi connectivity index (χ3n) is 3.30. The van der Waals surface area contributed by atoms with Crippen LogP contribution in [0.3, 0.4) is 0 Å². The van der Waals surface area contributed by atoms with E-state index >= 15 is 0 Å². The van der Waals surface area contributed by atoms with Crippen molar-refractivity contribution < 1.29 is 24.2 Å². The molecule has 2 heterocycles. The van der Waals surface area contributed by atoms with Crippen LogP contribution in [0.5, 0.6) is 0 Å². The van der Waals surface area contributed by atoms with Crippen LogP contribution in [0.25, 0.3) is 0 Å². The van der Waals surface area contributed by atoms with Gasteiger partial charge in [0.15, 0.2) is 6.10 Å². The van der Waals surface area contributed by atoms with Gasteiger partial charge in [0, 0.05) is 13.1 Å². The Morgan fingerprint density at radius 1 is 1.06 bits per heavy atom. The van der Waals surface area contributed by atoms with Crippen molar-refractivity contribution in [2.24, 2.45) is 0 Å². The number of amides is 1. The first-order chi connectivity index (χ1) is 8.47. The Labute approximate surface area is 106 Å². The number of hydrogen-bond acceptors (Lipinski definition) is 4. The van der Waals surface area contributed by atoms with Crippen LogP contribution in [0.15, 0.2) is 0 Å². The summed E-state index contributed by atoms with van der Waals surface area (Å²) in [7, 11) is 0. The topological polar surface area (TPSA) is 76.1 Å². The molecule has 4 atom stereocenters. The molecule has 2 rings (SSSR count). The van der Waals surface area contributed by atoms with Crippen LogP contribution in [0.2, 0.25) is 0 Å². The summed E-state index contributed by atoms with van der Waals surface area (Å²) in [4.78, 5) is 24.7. The first-order valence-electron chi connectivity index (χ1n) is 6.30. The zero-order valence-corrected chi connectivity index (χ0v) is 10.7. The highest BCUT2D eigenvalue weighted by molar-refractivity contribution is 5.82. The van der Waals surface area contributed by atoms with Gasteiger partial charge in [-0.1, -0.05) is 0 Å². The second kappa shape index (κ2) is 5.24. The fourth-order valence-electron chi connectivity index (χ4n) is 2.56. The standard InChI is InChI=1S/C12H19NO5/c1-7-5-13(6-8(2)17-7)11(14)9-3-4-10(18-9)12(15)16/h7-10H,3-6H2,1-2H3,(H,15,16)/t7-,8+,9-,10+/m0/s1. The SMILES string of the molecule is C[C@@H]1CN(C(=O)[C@@H]2CC[C@H](C(=O)O)O2)C[C@H](C)O1. The van der Waals surface area contributed by atoms with Gasteiger partial charge in [-0.05, 0) is 26.7 Å². The molecule has 2 aliphatic rings. The van der Waals surface area contributed by atoms with E-state index in [9.17, 15) is 9.59 Å². The molecule has 1 amide bonds. The Morgan fingerprint density at radius 3 is 2.11 bits per heavy atom. The van der Waals surface area contributed by atoms with E-state index in [2.05, 4.69) is 0 Å². The van der Waals surface area contributed by atoms with Gasteiger partial charge in [0.2, 0.25) is 0 Å². The Bertz CT molecular complexity index is 335. The highest BCUT2D eigenvalue weighted by Gasteiger charge is 2.38. The van der Waals surface area contributed by atoms with Crippen molar-refractivity contribution in [3.05, 3.63) is 0 Å². The minimum absolute atomic E-state index is 0.00868. The van der Waals surface area contributed by atoms with Gasteiger partial charge in [-0.25, -0.2) is 4.79 Å². The van der Waals surface area contributed by atoms with Crippen LogP contribution in [0.4, 0.5) is 0 Å². The first kappa shape index (κ1) is 13.3. The lowest BCUT2D eigenvalue weighted by molar-refractivity contribution is -0.160. The van der Waals surface area contributed by atoms with Gasteiger partial charge in [-0.3, -0.25) is 4.79 Å². The fourth-order valence-corrected chi connectivity index (χ4v) is 2.56. The summed E-state index contributed by atoms with van der Waals surface area (Å²) >= 11 is 0. The van der Waals surface area contributed by atoms with Crippen LogP contribution < -0.4 is 0 Å². The van der Waals surface area contributed by atoms with Gasteiger partial charge in [0.05, 0.1) is 12.2 Å². The summed E-state index contributed by atoms with van der Waals surface area (Å²) in [5, 5.41) is 8.84. The summed E-state index contributed by atoms with van der Waals surface area (Å²) in [6.45, 7) is 4.93. The van der Waals surface area contributed by atoms with Crippen molar-refractivity contribution in [1.82, 2.24) is 4.90 Å². The van der Waals surface area contributed by atoms with E-state index in [4.69, 9.17) is 14.6 Å². The molecule has 18 heavy (non-hydrogen) atoms. The van der Waals surface area contributed by atoms with Gasteiger partial charge in [0.25, 0.3) is 5.91 Å². The summed E-state index contributed by atoms with van der Waals surface area (Å²) in [5.74, 6) is -1.10. The third-order valence-corrected chi connectivity index (χ3v) is 3.30. The van der Waals surface area contributed by atoms with E-state index in [0.717, 1.165) is 0 Å². The van der Waals surface area contributed by atoms with E-state index in [1.54, 1.807) is 4.90 Å². The lowest BCUT2D eigenvalue weighted by Crippen LogP contribution is -2.51. The van der Waals surface area contributed by atoms with Crippen molar-refractivity contribution in [3.8, 4) is 0 Å². The summed E-state index contributed by atoms with van der Waals surface area (Å²) in [6.07, 6.45) is -0.543. The minimum Gasteiger partial charge on any atom is -0.479 e. The number of rotatable bonds is 2. The molecule has 0 saturated carbocycles. The molecular weight excluding hydrogens is 238 g/mol. The second-order valence-corrected chi connectivity index (χ2v) is 5.03. The maximum Gasteiger partial charge on any atom is 0.332 e. The Balaban J connectivity index is 1.93. The first-order valence-corrected chi connectivity index (χ1v) is 6.30. The Kier molecular flexibility index (Phi) is 3.87. The van der Waals surface area contributed by atoms with Crippen LogP contribution >= 0.6 is 0 Å². The van der Waals surface area contributed by atoms with Crippen molar-refractivity contribution in [1.29, 1.82) is 0 Å². The van der Waals surface area contributed by atoms with Crippen LogP contribution in [-0.2, 0) is 19.1 Å². The molecule has 0 aromatic rings. The Morgan fingerprint density at radius 2 is 1.61 bits per heavy atom. The van der Waals surface area contributed by atoms with E-state index in [0.29, 0.717) is 25.9 Å². The molecule has 0 spiro atoms. The normalized spacial score (nSPS) is 36.7. The van der Waals surface area contributed by atoms with E-state index in [-0.39, 0.29) is 18.1 Å². The quantitative estimate of drug-likeness (QED) is 0.767. The lowest BCUT2D eigenvalue weighted by atomic mass is 10.1. The monoisotopic (exact) mass is 257 g/mol. The molecule has 0 radical (unpaired) electrons. The summed E-state index contributed by atoms with van der Waals surface area (Å²) < 4.78 is 10.8. The van der Waals surface area contributed by atoms with Gasteiger partial charge in [0.1, 0.15) is 6.10 Å². The van der Waals surface area contributed by atoms with Crippen molar-refractivity contribution >= 4 is 11.9 Å². The molecule has 102 valence electrons. The summed E-state index contributed by atoms with van der Waals surface area (Å²) in [6, 6.07) is 0. The molecular formula is C12H19NO5. The number of carboxylic acid groups (broad SMARTS) is 1. The highest BCUT2D eigenvalue weighted by atomic mass is 16.5. The predicted octanol–water partition coefficient (Wildman–Crippen LogP) is 0.254.